The molecule has 0 aliphatic heterocycles. The number of ether oxygens (including phenoxy) is 3. The van der Waals surface area contributed by atoms with E-state index in [2.05, 4.69) is 10.5 Å². The van der Waals surface area contributed by atoms with Crippen molar-refractivity contribution in [2.75, 3.05) is 13.7 Å². The van der Waals surface area contributed by atoms with E-state index in [1.165, 1.54) is 6.21 Å². The molecule has 1 aromatic heterocycles. The first-order chi connectivity index (χ1) is 14.2. The summed E-state index contributed by atoms with van der Waals surface area (Å²) >= 11 is 0. The van der Waals surface area contributed by atoms with Crippen LogP contribution < -0.4 is 19.6 Å². The molecular weight excluding hydrogens is 372 g/mol. The predicted octanol–water partition coefficient (Wildman–Crippen LogP) is 4.03. The Morgan fingerprint density at radius 1 is 1.07 bits per heavy atom. The number of carbonyl (C=O) groups excluding carboxylic acids is 1. The monoisotopic (exact) mass is 394 g/mol. The van der Waals surface area contributed by atoms with Crippen molar-refractivity contribution in [2.45, 2.75) is 13.5 Å². The molecule has 0 atom stereocenters. The van der Waals surface area contributed by atoms with Crippen molar-refractivity contribution in [1.29, 1.82) is 0 Å². The number of nitrogens with one attached hydrogen (secondary N) is 1. The highest BCUT2D eigenvalue weighted by atomic mass is 16.5. The lowest BCUT2D eigenvalue weighted by atomic mass is 10.2. The van der Waals surface area contributed by atoms with Crippen LogP contribution in [-0.4, -0.2) is 25.8 Å². The van der Waals surface area contributed by atoms with E-state index in [-0.39, 0.29) is 12.4 Å². The van der Waals surface area contributed by atoms with Crippen LogP contribution in [0.5, 0.6) is 17.2 Å². The van der Waals surface area contributed by atoms with Gasteiger partial charge >= 0.3 is 5.91 Å². The lowest BCUT2D eigenvalue weighted by Gasteiger charge is -2.09. The van der Waals surface area contributed by atoms with Crippen molar-refractivity contribution in [2.24, 2.45) is 5.10 Å². The van der Waals surface area contributed by atoms with Gasteiger partial charge < -0.3 is 18.6 Å². The minimum absolute atomic E-state index is 0.151. The lowest BCUT2D eigenvalue weighted by molar-refractivity contribution is 0.0923. The molecule has 0 unspecified atom stereocenters. The Morgan fingerprint density at radius 3 is 2.66 bits per heavy atom. The zero-order valence-electron chi connectivity index (χ0n) is 16.3. The molecule has 1 heterocycles. The second-order valence-corrected chi connectivity index (χ2v) is 5.91. The molecule has 3 aromatic rings. The molecule has 0 saturated carbocycles. The molecule has 2 aromatic carbocycles. The Morgan fingerprint density at radius 2 is 1.90 bits per heavy atom. The molecule has 0 radical (unpaired) electrons. The molecule has 3 rings (SSSR count). The van der Waals surface area contributed by atoms with E-state index < -0.39 is 5.91 Å². The van der Waals surface area contributed by atoms with E-state index in [4.69, 9.17) is 18.6 Å². The summed E-state index contributed by atoms with van der Waals surface area (Å²) < 4.78 is 21.9. The van der Waals surface area contributed by atoms with Gasteiger partial charge in [-0.25, -0.2) is 5.43 Å². The predicted molar refractivity (Wildman–Crippen MR) is 109 cm³/mol. The number of para-hydroxylation sites is 1. The Hall–Kier alpha value is -3.74. The fraction of sp³-hybridized carbons (Fsp3) is 0.182. The maximum absolute atomic E-state index is 12.2. The van der Waals surface area contributed by atoms with Gasteiger partial charge in [-0.2, -0.15) is 5.10 Å². The Kier molecular flexibility index (Phi) is 6.89. The topological polar surface area (TPSA) is 82.3 Å². The molecular formula is C22H22N2O5. The van der Waals surface area contributed by atoms with Crippen molar-refractivity contribution in [3.8, 4) is 17.2 Å². The standard InChI is InChI=1S/C22H22N2O5/c1-3-27-21-13-16(9-11-19(21)26-2)14-23-24-22(25)20-12-10-18(29-20)15-28-17-7-5-4-6-8-17/h4-14H,3,15H2,1-2H3,(H,24,25)/b23-14-. The van der Waals surface area contributed by atoms with Crippen molar-refractivity contribution >= 4 is 12.1 Å². The first-order valence-corrected chi connectivity index (χ1v) is 9.10. The van der Waals surface area contributed by atoms with Crippen LogP contribution in [-0.2, 0) is 6.61 Å². The maximum Gasteiger partial charge on any atom is 0.307 e. The van der Waals surface area contributed by atoms with Gasteiger partial charge in [0.05, 0.1) is 19.9 Å². The molecule has 1 N–H and O–H groups in total. The fourth-order valence-corrected chi connectivity index (χ4v) is 2.51. The van der Waals surface area contributed by atoms with Crippen LogP contribution >= 0.6 is 0 Å². The summed E-state index contributed by atoms with van der Waals surface area (Å²) in [6.07, 6.45) is 1.52. The summed E-state index contributed by atoms with van der Waals surface area (Å²) in [5.41, 5.74) is 3.19. The lowest BCUT2D eigenvalue weighted by Crippen LogP contribution is -2.16. The molecule has 0 aliphatic carbocycles. The number of nitrogens with zero attached hydrogens (tertiary/aromatic N) is 1. The van der Waals surface area contributed by atoms with Crippen molar-refractivity contribution in [1.82, 2.24) is 5.43 Å². The van der Waals surface area contributed by atoms with Crippen molar-refractivity contribution < 1.29 is 23.4 Å². The van der Waals surface area contributed by atoms with Gasteiger partial charge in [0.1, 0.15) is 18.1 Å². The Balaban J connectivity index is 1.55. The number of amides is 1. The number of hydrogen-bond donors (Lipinski definition) is 1. The van der Waals surface area contributed by atoms with Gasteiger partial charge in [0.2, 0.25) is 0 Å². The number of carbonyl (C=O) groups is 1. The van der Waals surface area contributed by atoms with Gasteiger partial charge in [-0.15, -0.1) is 0 Å². The van der Waals surface area contributed by atoms with Crippen LogP contribution in [0.25, 0.3) is 0 Å². The smallest absolute Gasteiger partial charge is 0.307 e. The minimum atomic E-state index is -0.453. The number of hydrogen-bond acceptors (Lipinski definition) is 6. The van der Waals surface area contributed by atoms with E-state index in [0.29, 0.717) is 23.9 Å². The number of hydrazone groups is 1. The number of rotatable bonds is 9. The highest BCUT2D eigenvalue weighted by Gasteiger charge is 2.11. The summed E-state index contributed by atoms with van der Waals surface area (Å²) in [4.78, 5) is 12.2. The van der Waals surface area contributed by atoms with E-state index in [9.17, 15) is 4.79 Å². The van der Waals surface area contributed by atoms with Crippen LogP contribution in [0.2, 0.25) is 0 Å². The van der Waals surface area contributed by atoms with E-state index in [1.807, 2.05) is 43.3 Å². The van der Waals surface area contributed by atoms with Gasteiger partial charge in [-0.05, 0) is 55.0 Å². The molecule has 0 saturated heterocycles. The van der Waals surface area contributed by atoms with Crippen LogP contribution in [0.1, 0.15) is 28.8 Å². The quantitative estimate of drug-likeness (QED) is 0.438. The van der Waals surface area contributed by atoms with Gasteiger partial charge in [-0.3, -0.25) is 4.79 Å². The van der Waals surface area contributed by atoms with Gasteiger partial charge in [-0.1, -0.05) is 18.2 Å². The third-order valence-electron chi connectivity index (χ3n) is 3.88. The molecule has 150 valence electrons. The summed E-state index contributed by atoms with van der Waals surface area (Å²) in [5.74, 6) is 2.21. The SMILES string of the molecule is CCOc1cc(/C=N\NC(=O)c2ccc(COc3ccccc3)o2)ccc1OC. The normalized spacial score (nSPS) is 10.7. The first kappa shape index (κ1) is 20.0. The third kappa shape index (κ3) is 5.62. The second-order valence-electron chi connectivity index (χ2n) is 5.91. The Bertz CT molecular complexity index is 966. The summed E-state index contributed by atoms with van der Waals surface area (Å²) in [6.45, 7) is 2.64. The van der Waals surface area contributed by atoms with Gasteiger partial charge in [0.25, 0.3) is 0 Å². The highest BCUT2D eigenvalue weighted by molar-refractivity contribution is 5.92. The van der Waals surface area contributed by atoms with E-state index in [1.54, 1.807) is 31.4 Å². The van der Waals surface area contributed by atoms with E-state index in [0.717, 1.165) is 11.3 Å². The second kappa shape index (κ2) is 9.98. The molecule has 0 bridgehead atoms. The molecule has 7 heteroatoms. The molecule has 29 heavy (non-hydrogen) atoms. The zero-order chi connectivity index (χ0) is 20.5. The average Bonchev–Trinajstić information content (AvgIpc) is 3.23. The van der Waals surface area contributed by atoms with Crippen molar-refractivity contribution in [3.63, 3.8) is 0 Å². The molecule has 7 nitrogen and oxygen atoms in total. The van der Waals surface area contributed by atoms with Crippen LogP contribution in [0, 0.1) is 0 Å². The highest BCUT2D eigenvalue weighted by Crippen LogP contribution is 2.27. The summed E-state index contributed by atoms with van der Waals surface area (Å²) in [5, 5.41) is 3.97. The van der Waals surface area contributed by atoms with Crippen molar-refractivity contribution in [3.05, 3.63) is 77.7 Å². The maximum atomic E-state index is 12.2. The first-order valence-electron chi connectivity index (χ1n) is 9.10. The molecule has 1 amide bonds. The van der Waals surface area contributed by atoms with Gasteiger partial charge in [0, 0.05) is 0 Å². The van der Waals surface area contributed by atoms with Crippen LogP contribution in [0.4, 0.5) is 0 Å². The largest absolute Gasteiger partial charge is 0.493 e. The summed E-state index contributed by atoms with van der Waals surface area (Å²) in [7, 11) is 1.58. The zero-order valence-corrected chi connectivity index (χ0v) is 16.3. The van der Waals surface area contributed by atoms with Crippen LogP contribution in [0.15, 0.2) is 70.2 Å². The number of benzene rings is 2. The number of furan rings is 1. The molecule has 0 aliphatic rings. The molecule has 0 fully saturated rings. The fourth-order valence-electron chi connectivity index (χ4n) is 2.51. The van der Waals surface area contributed by atoms with E-state index >= 15 is 0 Å². The Labute approximate surface area is 168 Å². The third-order valence-corrected chi connectivity index (χ3v) is 3.88. The number of methoxy groups -OCH3 is 1. The summed E-state index contributed by atoms with van der Waals surface area (Å²) in [6, 6.07) is 18.0. The molecule has 0 spiro atoms. The van der Waals surface area contributed by atoms with Gasteiger partial charge in [0.15, 0.2) is 17.3 Å². The minimum Gasteiger partial charge on any atom is -0.493 e. The van der Waals surface area contributed by atoms with Crippen LogP contribution in [0.3, 0.4) is 0 Å². The average molecular weight is 394 g/mol.